The first-order valence-corrected chi connectivity index (χ1v) is 8.38. The molecule has 1 aromatic carbocycles. The Labute approximate surface area is 154 Å². The van der Waals surface area contributed by atoms with Crippen LogP contribution in [-0.4, -0.2) is 24.1 Å². The van der Waals surface area contributed by atoms with Gasteiger partial charge < -0.3 is 0 Å². The maximum absolute atomic E-state index is 12.5. The van der Waals surface area contributed by atoms with E-state index < -0.39 is 10.9 Å². The van der Waals surface area contributed by atoms with Crippen molar-refractivity contribution in [2.24, 2.45) is 17.3 Å². The van der Waals surface area contributed by atoms with Crippen molar-refractivity contribution in [3.8, 4) is 0 Å². The average Bonchev–Trinajstić information content (AvgIpc) is 3.27. The van der Waals surface area contributed by atoms with Gasteiger partial charge in [-0.05, 0) is 23.7 Å². The summed E-state index contributed by atoms with van der Waals surface area (Å²) in [6.07, 6.45) is 4.54. The zero-order chi connectivity index (χ0) is 18.8. The quantitative estimate of drug-likeness (QED) is 0.441. The number of nitrogens with zero attached hydrogens (tertiary/aromatic N) is 7. The van der Waals surface area contributed by atoms with E-state index in [0.717, 1.165) is 11.5 Å². The van der Waals surface area contributed by atoms with Crippen LogP contribution in [-0.2, 0) is 7.05 Å². The third kappa shape index (κ3) is 3.20. The van der Waals surface area contributed by atoms with E-state index in [-0.39, 0.29) is 10.7 Å². The molecule has 134 valence electrons. The van der Waals surface area contributed by atoms with Crippen molar-refractivity contribution >= 4 is 33.4 Å². The topological polar surface area (TPSA) is 139 Å². The predicted molar refractivity (Wildman–Crippen MR) is 98.1 cm³/mol. The van der Waals surface area contributed by atoms with Gasteiger partial charge in [0.25, 0.3) is 0 Å². The molecule has 0 amide bonds. The Morgan fingerprint density at radius 2 is 2.04 bits per heavy atom. The van der Waals surface area contributed by atoms with Gasteiger partial charge in [-0.1, -0.05) is 0 Å². The summed E-state index contributed by atoms with van der Waals surface area (Å²) in [5, 5.41) is 12.3. The summed E-state index contributed by atoms with van der Waals surface area (Å²) in [7, 11) is 1.70. The lowest BCUT2D eigenvalue weighted by Crippen LogP contribution is -2.48. The normalized spacial score (nSPS) is 12.6. The molecular weight excluding hydrogens is 370 g/mol. The third-order valence-corrected chi connectivity index (χ3v) is 4.35. The van der Waals surface area contributed by atoms with Crippen LogP contribution in [0.15, 0.2) is 56.7 Å². The zero-order valence-corrected chi connectivity index (χ0v) is 14.6. The maximum atomic E-state index is 12.5. The van der Waals surface area contributed by atoms with Gasteiger partial charge in [0.15, 0.2) is 10.4 Å². The summed E-state index contributed by atoms with van der Waals surface area (Å²) < 4.78 is 5.70. The van der Waals surface area contributed by atoms with Gasteiger partial charge in [0.1, 0.15) is 28.5 Å². The van der Waals surface area contributed by atoms with E-state index >= 15 is 0 Å². The molecule has 3 heterocycles. The highest BCUT2D eigenvalue weighted by molar-refractivity contribution is 7.11. The van der Waals surface area contributed by atoms with Crippen LogP contribution < -0.4 is 32.4 Å². The highest BCUT2D eigenvalue weighted by atomic mass is 32.1. The van der Waals surface area contributed by atoms with E-state index in [1.54, 1.807) is 25.5 Å². The molecule has 0 aliphatic rings. The summed E-state index contributed by atoms with van der Waals surface area (Å²) in [6, 6.07) is 4.22. The van der Waals surface area contributed by atoms with E-state index in [0.29, 0.717) is 21.9 Å². The maximum Gasteiger partial charge on any atom is 0.237 e. The molecule has 0 spiro atoms. The molecule has 0 radical (unpaired) electrons. The Bertz CT molecular complexity index is 1350. The molecule has 4 rings (SSSR count). The number of aryl methyl sites for hydroxylation is 1. The van der Waals surface area contributed by atoms with Crippen molar-refractivity contribution in [3.05, 3.63) is 68.1 Å². The molecule has 12 heteroatoms. The Morgan fingerprint density at radius 3 is 2.85 bits per heavy atom. The lowest BCUT2D eigenvalue weighted by molar-refractivity contribution is 0.770. The van der Waals surface area contributed by atoms with E-state index in [4.69, 9.17) is 0 Å². The summed E-state index contributed by atoms with van der Waals surface area (Å²) in [4.78, 5) is 32.5. The molecule has 0 saturated carbocycles. The van der Waals surface area contributed by atoms with Gasteiger partial charge in [-0.25, -0.2) is 9.97 Å². The van der Waals surface area contributed by atoms with E-state index in [2.05, 4.69) is 40.5 Å². The van der Waals surface area contributed by atoms with Crippen LogP contribution >= 0.6 is 11.5 Å². The number of hydrogen-bond donors (Lipinski definition) is 2. The Kier molecular flexibility index (Phi) is 4.22. The molecule has 3 aromatic heterocycles. The molecular formula is C15H11N9O2S. The number of hydrogen-bond acceptors (Lipinski definition) is 11. The first-order chi connectivity index (χ1) is 13.1. The van der Waals surface area contributed by atoms with E-state index in [1.807, 2.05) is 0 Å². The molecule has 27 heavy (non-hydrogen) atoms. The van der Waals surface area contributed by atoms with Crippen LogP contribution in [0.4, 0.5) is 10.8 Å². The van der Waals surface area contributed by atoms with E-state index in [1.165, 1.54) is 23.1 Å². The minimum Gasteiger partial charge on any atom is -0.287 e. The molecule has 0 unspecified atom stereocenters. The SMILES string of the molecule is Cn1nccc1NN=c1c(=O)ccc(=NNc2snc3cncnc23)c1=O. The molecule has 4 aromatic rings. The van der Waals surface area contributed by atoms with Gasteiger partial charge in [-0.3, -0.25) is 25.1 Å². The second kappa shape index (κ2) is 6.84. The lowest BCUT2D eigenvalue weighted by Gasteiger charge is -1.98. The fraction of sp³-hybridized carbons (Fsp3) is 0.0667. The van der Waals surface area contributed by atoms with Crippen LogP contribution in [0.5, 0.6) is 0 Å². The number of aromatic nitrogens is 5. The Hall–Kier alpha value is -3.80. The first kappa shape index (κ1) is 16.7. The molecule has 0 bridgehead atoms. The van der Waals surface area contributed by atoms with E-state index in [9.17, 15) is 9.59 Å². The molecule has 0 atom stereocenters. The molecule has 0 aliphatic heterocycles. The highest BCUT2D eigenvalue weighted by Crippen LogP contribution is 2.24. The molecule has 2 N–H and O–H groups in total. The lowest BCUT2D eigenvalue weighted by atomic mass is 10.3. The summed E-state index contributed by atoms with van der Waals surface area (Å²) in [6.45, 7) is 0. The monoisotopic (exact) mass is 381 g/mol. The van der Waals surface area contributed by atoms with Gasteiger partial charge in [-0.2, -0.15) is 19.7 Å². The molecule has 11 nitrogen and oxygen atoms in total. The minimum atomic E-state index is -0.604. The minimum absolute atomic E-state index is 0.0377. The Balaban J connectivity index is 1.72. The third-order valence-electron chi connectivity index (χ3n) is 3.60. The molecule has 0 fully saturated rings. The number of anilines is 2. The van der Waals surface area contributed by atoms with Crippen LogP contribution in [0.25, 0.3) is 11.0 Å². The van der Waals surface area contributed by atoms with Crippen molar-refractivity contribution in [1.82, 2.24) is 24.1 Å². The van der Waals surface area contributed by atoms with Gasteiger partial charge in [0, 0.05) is 13.1 Å². The Morgan fingerprint density at radius 1 is 1.15 bits per heavy atom. The summed E-state index contributed by atoms with van der Waals surface area (Å²) in [5.41, 5.74) is 5.51. The predicted octanol–water partition coefficient (Wildman–Crippen LogP) is -0.729. The van der Waals surface area contributed by atoms with Crippen molar-refractivity contribution in [2.45, 2.75) is 0 Å². The standard InChI is InChI=1S/C15H11N9O2S/c1-24-11(4-5-18-24)20-21-13-10(25)3-2-8(14(13)26)19-22-15-12-9(23-27-15)6-16-7-17-12/h2-7,20,22H,1H3. The summed E-state index contributed by atoms with van der Waals surface area (Å²) >= 11 is 1.14. The van der Waals surface area contributed by atoms with Crippen molar-refractivity contribution in [3.63, 3.8) is 0 Å². The largest absolute Gasteiger partial charge is 0.287 e. The first-order valence-electron chi connectivity index (χ1n) is 7.61. The highest BCUT2D eigenvalue weighted by Gasteiger charge is 2.07. The zero-order valence-electron chi connectivity index (χ0n) is 13.8. The average molecular weight is 381 g/mol. The van der Waals surface area contributed by atoms with Crippen molar-refractivity contribution in [2.75, 3.05) is 10.9 Å². The fourth-order valence-electron chi connectivity index (χ4n) is 2.22. The van der Waals surface area contributed by atoms with Crippen molar-refractivity contribution in [1.29, 1.82) is 0 Å². The number of nitrogens with one attached hydrogen (secondary N) is 2. The number of fused-ring (bicyclic) bond motifs is 1. The van der Waals surface area contributed by atoms with Crippen LogP contribution in [0.1, 0.15) is 0 Å². The number of benzene rings is 1. The molecule has 0 saturated heterocycles. The number of rotatable bonds is 4. The van der Waals surface area contributed by atoms with Crippen LogP contribution in [0.3, 0.4) is 0 Å². The van der Waals surface area contributed by atoms with Gasteiger partial charge in [0.05, 0.1) is 12.4 Å². The second-order valence-electron chi connectivity index (χ2n) is 5.32. The van der Waals surface area contributed by atoms with Crippen LogP contribution in [0.2, 0.25) is 0 Å². The van der Waals surface area contributed by atoms with Gasteiger partial charge in [-0.15, -0.1) is 0 Å². The smallest absolute Gasteiger partial charge is 0.237 e. The summed E-state index contributed by atoms with van der Waals surface area (Å²) in [5.74, 6) is 0.532. The van der Waals surface area contributed by atoms with Crippen molar-refractivity contribution < 1.29 is 0 Å². The van der Waals surface area contributed by atoms with Gasteiger partial charge >= 0.3 is 0 Å². The second-order valence-corrected chi connectivity index (χ2v) is 6.09. The van der Waals surface area contributed by atoms with Crippen LogP contribution in [0, 0.1) is 0 Å². The molecule has 0 aliphatic carbocycles. The van der Waals surface area contributed by atoms with Gasteiger partial charge in [0.2, 0.25) is 10.9 Å². The fourth-order valence-corrected chi connectivity index (χ4v) is 2.87.